The molecule has 0 saturated heterocycles. The Labute approximate surface area is 120 Å². The summed E-state index contributed by atoms with van der Waals surface area (Å²) in [6.07, 6.45) is 3.41. The van der Waals surface area contributed by atoms with E-state index >= 15 is 0 Å². The molecule has 1 N–H and O–H groups in total. The van der Waals surface area contributed by atoms with Crippen molar-refractivity contribution >= 4 is 0 Å². The number of ether oxygens (including phenoxy) is 2. The van der Waals surface area contributed by atoms with Crippen molar-refractivity contribution in [2.45, 2.75) is 66.3 Å². The van der Waals surface area contributed by atoms with Crippen LogP contribution in [0.15, 0.2) is 0 Å². The molecule has 0 rings (SSSR count). The molecule has 0 aliphatic heterocycles. The van der Waals surface area contributed by atoms with Gasteiger partial charge in [0, 0.05) is 18.8 Å². The molecule has 0 aliphatic rings. The van der Waals surface area contributed by atoms with E-state index in [0.29, 0.717) is 12.0 Å². The van der Waals surface area contributed by atoms with Crippen molar-refractivity contribution in [3.63, 3.8) is 0 Å². The number of hydrogen-bond acceptors (Lipinski definition) is 3. The molecule has 0 aromatic carbocycles. The summed E-state index contributed by atoms with van der Waals surface area (Å²) in [5.74, 6) is 0. The summed E-state index contributed by atoms with van der Waals surface area (Å²) in [6.45, 7) is 17.4. The van der Waals surface area contributed by atoms with Gasteiger partial charge in [-0.15, -0.1) is 0 Å². The minimum atomic E-state index is 0.205. The van der Waals surface area contributed by atoms with Gasteiger partial charge >= 0.3 is 0 Å². The van der Waals surface area contributed by atoms with E-state index in [4.69, 9.17) is 9.47 Å². The zero-order chi connectivity index (χ0) is 14.8. The molecular formula is C16H35NO2. The average Bonchev–Trinajstić information content (AvgIpc) is 2.22. The van der Waals surface area contributed by atoms with E-state index in [-0.39, 0.29) is 5.54 Å². The first-order chi connectivity index (χ1) is 8.71. The van der Waals surface area contributed by atoms with Gasteiger partial charge in [0.25, 0.3) is 0 Å². The molecule has 0 heterocycles. The first kappa shape index (κ1) is 18.9. The molecule has 19 heavy (non-hydrogen) atoms. The lowest BCUT2D eigenvalue weighted by atomic mass is 9.91. The van der Waals surface area contributed by atoms with Gasteiger partial charge in [-0.2, -0.15) is 0 Å². The van der Waals surface area contributed by atoms with Crippen molar-refractivity contribution in [1.29, 1.82) is 0 Å². The fourth-order valence-electron chi connectivity index (χ4n) is 1.66. The van der Waals surface area contributed by atoms with E-state index in [1.165, 1.54) is 6.42 Å². The summed E-state index contributed by atoms with van der Waals surface area (Å²) < 4.78 is 11.1. The van der Waals surface area contributed by atoms with Crippen molar-refractivity contribution in [3.8, 4) is 0 Å². The highest BCUT2D eigenvalue weighted by atomic mass is 16.5. The minimum Gasteiger partial charge on any atom is -0.379 e. The molecular weight excluding hydrogens is 238 g/mol. The normalized spacial score (nSPS) is 12.9. The maximum atomic E-state index is 5.55. The first-order valence-corrected chi connectivity index (χ1v) is 7.61. The Kier molecular flexibility index (Phi) is 9.67. The molecule has 0 bridgehead atoms. The quantitative estimate of drug-likeness (QED) is 0.617. The summed E-state index contributed by atoms with van der Waals surface area (Å²) in [6, 6.07) is 0. The van der Waals surface area contributed by atoms with Crippen LogP contribution < -0.4 is 5.32 Å². The molecule has 0 saturated carbocycles. The number of rotatable bonds is 10. The maximum absolute atomic E-state index is 5.55. The van der Waals surface area contributed by atoms with E-state index in [1.54, 1.807) is 0 Å². The van der Waals surface area contributed by atoms with Crippen LogP contribution in [0.2, 0.25) is 0 Å². The Morgan fingerprint density at radius 3 is 1.74 bits per heavy atom. The Balaban J connectivity index is 3.12. The van der Waals surface area contributed by atoms with E-state index in [1.807, 2.05) is 0 Å². The molecule has 0 fully saturated rings. The van der Waals surface area contributed by atoms with E-state index < -0.39 is 0 Å². The lowest BCUT2D eigenvalue weighted by Crippen LogP contribution is -2.36. The lowest BCUT2D eigenvalue weighted by Gasteiger charge is -2.20. The topological polar surface area (TPSA) is 30.5 Å². The standard InChI is InChI=1S/C16H35NO2/c1-15(2,3)9-7-11-18-13-14-19-12-8-10-17-16(4,5)6/h17H,7-14H2,1-6H3. The van der Waals surface area contributed by atoms with Gasteiger partial charge in [0.2, 0.25) is 0 Å². The van der Waals surface area contributed by atoms with Gasteiger partial charge in [0.05, 0.1) is 13.2 Å². The second-order valence-corrected chi connectivity index (χ2v) is 7.42. The van der Waals surface area contributed by atoms with Gasteiger partial charge in [0.15, 0.2) is 0 Å². The molecule has 0 radical (unpaired) electrons. The molecule has 116 valence electrons. The molecule has 0 amide bonds. The van der Waals surface area contributed by atoms with Crippen LogP contribution in [0.1, 0.15) is 60.8 Å². The second kappa shape index (κ2) is 9.73. The van der Waals surface area contributed by atoms with E-state index in [9.17, 15) is 0 Å². The summed E-state index contributed by atoms with van der Waals surface area (Å²) >= 11 is 0. The molecule has 0 aromatic heterocycles. The molecule has 3 heteroatoms. The highest BCUT2D eigenvalue weighted by molar-refractivity contribution is 4.69. The van der Waals surface area contributed by atoms with E-state index in [2.05, 4.69) is 46.9 Å². The minimum absolute atomic E-state index is 0.205. The highest BCUT2D eigenvalue weighted by Gasteiger charge is 2.09. The van der Waals surface area contributed by atoms with Crippen LogP contribution in [0.25, 0.3) is 0 Å². The van der Waals surface area contributed by atoms with Crippen molar-refractivity contribution in [3.05, 3.63) is 0 Å². The van der Waals surface area contributed by atoms with Gasteiger partial charge in [-0.3, -0.25) is 0 Å². The molecule has 0 unspecified atom stereocenters. The van der Waals surface area contributed by atoms with Gasteiger partial charge in [-0.25, -0.2) is 0 Å². The van der Waals surface area contributed by atoms with Crippen LogP contribution in [0, 0.1) is 5.41 Å². The largest absolute Gasteiger partial charge is 0.379 e. The van der Waals surface area contributed by atoms with Crippen molar-refractivity contribution in [1.82, 2.24) is 5.32 Å². The van der Waals surface area contributed by atoms with Crippen LogP contribution in [0.4, 0.5) is 0 Å². The SMILES string of the molecule is CC(C)(C)CCCOCCOCCCNC(C)(C)C. The van der Waals surface area contributed by atoms with Gasteiger partial charge in [-0.05, 0) is 52.0 Å². The summed E-state index contributed by atoms with van der Waals surface area (Å²) in [4.78, 5) is 0. The monoisotopic (exact) mass is 273 g/mol. The Morgan fingerprint density at radius 1 is 0.737 bits per heavy atom. The molecule has 0 aliphatic carbocycles. The molecule has 0 atom stereocenters. The lowest BCUT2D eigenvalue weighted by molar-refractivity contribution is 0.0432. The first-order valence-electron chi connectivity index (χ1n) is 7.61. The van der Waals surface area contributed by atoms with Crippen LogP contribution in [0.3, 0.4) is 0 Å². The third-order valence-corrected chi connectivity index (χ3v) is 2.71. The van der Waals surface area contributed by atoms with Crippen LogP contribution in [-0.2, 0) is 9.47 Å². The molecule has 3 nitrogen and oxygen atoms in total. The zero-order valence-corrected chi connectivity index (χ0v) is 14.0. The fraction of sp³-hybridized carbons (Fsp3) is 1.00. The van der Waals surface area contributed by atoms with Crippen LogP contribution in [-0.4, -0.2) is 38.5 Å². The predicted molar refractivity (Wildman–Crippen MR) is 82.7 cm³/mol. The Hall–Kier alpha value is -0.120. The molecule has 0 aromatic rings. The van der Waals surface area contributed by atoms with Crippen LogP contribution >= 0.6 is 0 Å². The van der Waals surface area contributed by atoms with Gasteiger partial charge in [0.1, 0.15) is 0 Å². The van der Waals surface area contributed by atoms with Crippen molar-refractivity contribution in [2.75, 3.05) is 33.0 Å². The van der Waals surface area contributed by atoms with Gasteiger partial charge in [-0.1, -0.05) is 20.8 Å². The Bertz CT molecular complexity index is 182. The second-order valence-electron chi connectivity index (χ2n) is 7.42. The highest BCUT2D eigenvalue weighted by Crippen LogP contribution is 2.20. The third-order valence-electron chi connectivity index (χ3n) is 2.71. The smallest absolute Gasteiger partial charge is 0.0700 e. The van der Waals surface area contributed by atoms with Gasteiger partial charge < -0.3 is 14.8 Å². The number of hydrogen-bond donors (Lipinski definition) is 1. The summed E-state index contributed by atoms with van der Waals surface area (Å²) in [5, 5.41) is 3.44. The van der Waals surface area contributed by atoms with E-state index in [0.717, 1.165) is 39.2 Å². The third kappa shape index (κ3) is 17.9. The zero-order valence-electron chi connectivity index (χ0n) is 14.0. The van der Waals surface area contributed by atoms with Crippen LogP contribution in [0.5, 0.6) is 0 Å². The van der Waals surface area contributed by atoms with Crippen molar-refractivity contribution < 1.29 is 9.47 Å². The maximum Gasteiger partial charge on any atom is 0.0700 e. The predicted octanol–water partition coefficient (Wildman–Crippen LogP) is 3.62. The average molecular weight is 273 g/mol. The van der Waals surface area contributed by atoms with Crippen molar-refractivity contribution in [2.24, 2.45) is 5.41 Å². The fourth-order valence-corrected chi connectivity index (χ4v) is 1.66. The number of nitrogens with one attached hydrogen (secondary N) is 1. The molecule has 0 spiro atoms. The summed E-state index contributed by atoms with van der Waals surface area (Å²) in [5.41, 5.74) is 0.621. The Morgan fingerprint density at radius 2 is 1.26 bits per heavy atom. The summed E-state index contributed by atoms with van der Waals surface area (Å²) in [7, 11) is 0.